The van der Waals surface area contributed by atoms with Crippen LogP contribution in [0.2, 0.25) is 5.02 Å². The summed E-state index contributed by atoms with van der Waals surface area (Å²) in [4.78, 5) is 15.1. The minimum Gasteiger partial charge on any atom is -0.479 e. The molecule has 0 aliphatic heterocycles. The normalized spacial score (nSPS) is 12.3. The summed E-state index contributed by atoms with van der Waals surface area (Å²) in [5.74, 6) is -0.493. The molecule has 0 aromatic heterocycles. The molecule has 114 valence electrons. The number of benzene rings is 2. The maximum Gasteiger partial charge on any atom is 0.344 e. The minimum absolute atomic E-state index is 0.505. The predicted octanol–water partition coefficient (Wildman–Crippen LogP) is 4.25. The van der Waals surface area contributed by atoms with Crippen LogP contribution in [-0.2, 0) is 4.79 Å². The molecule has 2 aromatic carbocycles. The summed E-state index contributed by atoms with van der Waals surface area (Å²) < 4.78 is 5.26. The van der Waals surface area contributed by atoms with Crippen LogP contribution in [0.4, 0.5) is 5.69 Å². The summed E-state index contributed by atoms with van der Waals surface area (Å²) >= 11 is 6.05. The SMILES string of the molecule is Cc1ccc(N=Cc2ccc(O[C@H](C)C(=O)O)cc2)cc1Cl. The van der Waals surface area contributed by atoms with Gasteiger partial charge in [-0.15, -0.1) is 0 Å². The van der Waals surface area contributed by atoms with Gasteiger partial charge in [0, 0.05) is 11.2 Å². The second-order valence-corrected chi connectivity index (χ2v) is 5.27. The molecule has 0 spiro atoms. The highest BCUT2D eigenvalue weighted by molar-refractivity contribution is 6.31. The molecule has 4 nitrogen and oxygen atoms in total. The maximum absolute atomic E-state index is 10.7. The first kappa shape index (κ1) is 16.0. The van der Waals surface area contributed by atoms with E-state index in [9.17, 15) is 4.79 Å². The number of hydrogen-bond donors (Lipinski definition) is 1. The second-order valence-electron chi connectivity index (χ2n) is 4.86. The zero-order chi connectivity index (χ0) is 16.1. The Bertz CT molecular complexity index is 696. The van der Waals surface area contributed by atoms with E-state index in [0.717, 1.165) is 16.8 Å². The van der Waals surface area contributed by atoms with Crippen molar-refractivity contribution < 1.29 is 14.6 Å². The third-order valence-corrected chi connectivity index (χ3v) is 3.47. The van der Waals surface area contributed by atoms with E-state index in [1.165, 1.54) is 6.92 Å². The standard InChI is InChI=1S/C17H16ClNO3/c1-11-3-6-14(9-16(11)18)19-10-13-4-7-15(8-5-13)22-12(2)17(20)21/h3-10,12H,1-2H3,(H,20,21)/t12-/m1/s1. The molecule has 2 rings (SSSR count). The smallest absolute Gasteiger partial charge is 0.344 e. The molecular formula is C17H16ClNO3. The van der Waals surface area contributed by atoms with Crippen LogP contribution in [0.25, 0.3) is 0 Å². The number of nitrogens with zero attached hydrogens (tertiary/aromatic N) is 1. The van der Waals surface area contributed by atoms with E-state index in [4.69, 9.17) is 21.4 Å². The number of hydrogen-bond acceptors (Lipinski definition) is 3. The molecule has 0 aliphatic rings. The molecule has 0 radical (unpaired) electrons. The largest absolute Gasteiger partial charge is 0.479 e. The lowest BCUT2D eigenvalue weighted by atomic mass is 10.2. The van der Waals surface area contributed by atoms with E-state index in [2.05, 4.69) is 4.99 Å². The third-order valence-electron chi connectivity index (χ3n) is 3.06. The fraction of sp³-hybridized carbons (Fsp3) is 0.176. The Morgan fingerprint density at radius 3 is 2.55 bits per heavy atom. The first-order valence-electron chi connectivity index (χ1n) is 6.75. The monoisotopic (exact) mass is 317 g/mol. The van der Waals surface area contributed by atoms with Crippen molar-refractivity contribution in [2.75, 3.05) is 0 Å². The number of carboxylic acid groups (broad SMARTS) is 1. The zero-order valence-corrected chi connectivity index (χ0v) is 13.0. The van der Waals surface area contributed by atoms with Crippen LogP contribution in [-0.4, -0.2) is 23.4 Å². The van der Waals surface area contributed by atoms with Crippen molar-refractivity contribution in [3.05, 3.63) is 58.6 Å². The van der Waals surface area contributed by atoms with Crippen LogP contribution in [0.1, 0.15) is 18.1 Å². The summed E-state index contributed by atoms with van der Waals surface area (Å²) in [5.41, 5.74) is 2.66. The van der Waals surface area contributed by atoms with Crippen LogP contribution in [0.3, 0.4) is 0 Å². The molecule has 22 heavy (non-hydrogen) atoms. The van der Waals surface area contributed by atoms with Crippen molar-refractivity contribution in [1.82, 2.24) is 0 Å². The van der Waals surface area contributed by atoms with Crippen molar-refractivity contribution >= 4 is 29.5 Å². The molecule has 0 bridgehead atoms. The third kappa shape index (κ3) is 4.33. The first-order valence-corrected chi connectivity index (χ1v) is 7.13. The highest BCUT2D eigenvalue weighted by Gasteiger charge is 2.11. The van der Waals surface area contributed by atoms with E-state index in [1.807, 2.05) is 31.2 Å². The van der Waals surface area contributed by atoms with E-state index in [-0.39, 0.29) is 0 Å². The Hall–Kier alpha value is -2.33. The van der Waals surface area contributed by atoms with Crippen molar-refractivity contribution in [1.29, 1.82) is 0 Å². The Morgan fingerprint density at radius 2 is 1.95 bits per heavy atom. The van der Waals surface area contributed by atoms with Gasteiger partial charge in [0.05, 0.1) is 5.69 Å². The topological polar surface area (TPSA) is 58.9 Å². The Morgan fingerprint density at radius 1 is 1.27 bits per heavy atom. The minimum atomic E-state index is -0.998. The van der Waals surface area contributed by atoms with Crippen LogP contribution < -0.4 is 4.74 Å². The molecule has 0 fully saturated rings. The van der Waals surface area contributed by atoms with Crippen LogP contribution in [0.15, 0.2) is 47.5 Å². The number of carbonyl (C=O) groups is 1. The number of aliphatic imine (C=N–C) groups is 1. The average Bonchev–Trinajstić information content (AvgIpc) is 2.49. The van der Waals surface area contributed by atoms with Crippen molar-refractivity contribution in [2.24, 2.45) is 4.99 Å². The number of halogens is 1. The number of aliphatic carboxylic acids is 1. The van der Waals surface area contributed by atoms with Crippen molar-refractivity contribution in [3.8, 4) is 5.75 Å². The van der Waals surface area contributed by atoms with Gasteiger partial charge in [-0.3, -0.25) is 4.99 Å². The molecule has 0 heterocycles. The summed E-state index contributed by atoms with van der Waals surface area (Å²) in [7, 11) is 0. The zero-order valence-electron chi connectivity index (χ0n) is 12.3. The number of ether oxygens (including phenoxy) is 1. The molecule has 1 atom stereocenters. The van der Waals surface area contributed by atoms with Crippen LogP contribution >= 0.6 is 11.6 Å². The summed E-state index contributed by atoms with van der Waals surface area (Å²) in [6.07, 6.45) is 0.833. The molecule has 1 N–H and O–H groups in total. The van der Waals surface area contributed by atoms with Crippen LogP contribution in [0.5, 0.6) is 5.75 Å². The molecule has 5 heteroatoms. The van der Waals surface area contributed by atoms with Gasteiger partial charge in [-0.2, -0.15) is 0 Å². The summed E-state index contributed by atoms with van der Waals surface area (Å²) in [6, 6.07) is 12.7. The van der Waals surface area contributed by atoms with Crippen molar-refractivity contribution in [3.63, 3.8) is 0 Å². The molecule has 2 aromatic rings. The van der Waals surface area contributed by atoms with Gasteiger partial charge in [-0.25, -0.2) is 4.79 Å². The second kappa shape index (κ2) is 7.09. The van der Waals surface area contributed by atoms with Crippen molar-refractivity contribution in [2.45, 2.75) is 20.0 Å². The first-order chi connectivity index (χ1) is 10.5. The average molecular weight is 318 g/mol. The number of rotatable bonds is 5. The maximum atomic E-state index is 10.7. The Balaban J connectivity index is 2.05. The lowest BCUT2D eigenvalue weighted by molar-refractivity contribution is -0.144. The van der Waals surface area contributed by atoms with Gasteiger partial charge in [0.15, 0.2) is 6.10 Å². The number of carboxylic acids is 1. The van der Waals surface area contributed by atoms with Gasteiger partial charge in [-0.05, 0) is 61.4 Å². The van der Waals surface area contributed by atoms with Gasteiger partial charge >= 0.3 is 5.97 Å². The lowest BCUT2D eigenvalue weighted by Crippen LogP contribution is -2.22. The summed E-state index contributed by atoms with van der Waals surface area (Å²) in [6.45, 7) is 3.42. The van der Waals surface area contributed by atoms with Gasteiger partial charge in [0.2, 0.25) is 0 Å². The summed E-state index contributed by atoms with van der Waals surface area (Å²) in [5, 5.41) is 9.47. The Kier molecular flexibility index (Phi) is 5.17. The highest BCUT2D eigenvalue weighted by Crippen LogP contribution is 2.22. The lowest BCUT2D eigenvalue weighted by Gasteiger charge is -2.09. The Labute approximate surface area is 134 Å². The van der Waals surface area contributed by atoms with E-state index in [0.29, 0.717) is 10.8 Å². The van der Waals surface area contributed by atoms with Gasteiger partial charge in [0.1, 0.15) is 5.75 Å². The molecule has 0 saturated carbocycles. The molecular weight excluding hydrogens is 302 g/mol. The molecule has 0 unspecified atom stereocenters. The highest BCUT2D eigenvalue weighted by atomic mass is 35.5. The molecule has 0 aliphatic carbocycles. The van der Waals surface area contributed by atoms with Gasteiger partial charge in [0.25, 0.3) is 0 Å². The predicted molar refractivity (Wildman–Crippen MR) is 87.6 cm³/mol. The van der Waals surface area contributed by atoms with Gasteiger partial charge < -0.3 is 9.84 Å². The van der Waals surface area contributed by atoms with E-state index < -0.39 is 12.1 Å². The number of aryl methyl sites for hydroxylation is 1. The van der Waals surface area contributed by atoms with E-state index in [1.54, 1.807) is 24.4 Å². The van der Waals surface area contributed by atoms with Crippen LogP contribution in [0, 0.1) is 6.92 Å². The molecule has 0 saturated heterocycles. The fourth-order valence-corrected chi connectivity index (χ4v) is 1.87. The quantitative estimate of drug-likeness (QED) is 0.839. The fourth-order valence-electron chi connectivity index (χ4n) is 1.70. The molecule has 0 amide bonds. The van der Waals surface area contributed by atoms with Gasteiger partial charge in [-0.1, -0.05) is 17.7 Å². The van der Waals surface area contributed by atoms with E-state index >= 15 is 0 Å².